The van der Waals surface area contributed by atoms with Crippen LogP contribution in [0.15, 0.2) is 45.8 Å². The van der Waals surface area contributed by atoms with Crippen LogP contribution in [0.2, 0.25) is 0 Å². The van der Waals surface area contributed by atoms with E-state index in [0.717, 1.165) is 16.1 Å². The van der Waals surface area contributed by atoms with Crippen molar-refractivity contribution in [3.8, 4) is 0 Å². The van der Waals surface area contributed by atoms with Crippen molar-refractivity contribution in [1.82, 2.24) is 4.68 Å². The third kappa shape index (κ3) is 3.70. The van der Waals surface area contributed by atoms with Crippen LogP contribution in [-0.4, -0.2) is 16.9 Å². The first-order chi connectivity index (χ1) is 10.3. The van der Waals surface area contributed by atoms with Gasteiger partial charge in [-0.25, -0.2) is 4.68 Å². The van der Waals surface area contributed by atoms with Gasteiger partial charge in [0.2, 0.25) is 4.80 Å². The fourth-order valence-electron chi connectivity index (χ4n) is 2.64. The first-order valence-electron chi connectivity index (χ1n) is 7.63. The van der Waals surface area contributed by atoms with Gasteiger partial charge in [0, 0.05) is 5.38 Å². The molecule has 2 aromatic rings. The van der Waals surface area contributed by atoms with Crippen LogP contribution in [0, 0.1) is 6.92 Å². The molecule has 0 amide bonds. The zero-order chi connectivity index (χ0) is 14.5. The summed E-state index contributed by atoms with van der Waals surface area (Å²) >= 11 is 1.69. The van der Waals surface area contributed by atoms with E-state index < -0.39 is 0 Å². The third-order valence-corrected chi connectivity index (χ3v) is 4.79. The number of nitrogens with zero attached hydrogens (tertiary/aromatic N) is 3. The lowest BCUT2D eigenvalue weighted by molar-refractivity contribution is 0.435. The molecule has 21 heavy (non-hydrogen) atoms. The van der Waals surface area contributed by atoms with Crippen LogP contribution in [-0.2, 0) is 0 Å². The molecule has 0 N–H and O–H groups in total. The number of aryl methyl sites for hydroxylation is 1. The molecule has 1 aliphatic rings. The zero-order valence-electron chi connectivity index (χ0n) is 12.4. The van der Waals surface area contributed by atoms with Crippen LogP contribution >= 0.6 is 11.3 Å². The molecular formula is C17H21N3S. The van der Waals surface area contributed by atoms with Crippen LogP contribution in [0.25, 0.3) is 0 Å². The van der Waals surface area contributed by atoms with E-state index in [0.29, 0.717) is 6.04 Å². The predicted molar refractivity (Wildman–Crippen MR) is 88.9 cm³/mol. The van der Waals surface area contributed by atoms with Gasteiger partial charge in [-0.05, 0) is 25.3 Å². The molecule has 0 radical (unpaired) electrons. The topological polar surface area (TPSA) is 29.6 Å². The van der Waals surface area contributed by atoms with Crippen molar-refractivity contribution in [3.05, 3.63) is 51.8 Å². The monoisotopic (exact) mass is 299 g/mol. The van der Waals surface area contributed by atoms with Gasteiger partial charge in [-0.15, -0.1) is 11.3 Å². The molecule has 0 bridgehead atoms. The summed E-state index contributed by atoms with van der Waals surface area (Å²) in [5.74, 6) is 0. The van der Waals surface area contributed by atoms with Gasteiger partial charge in [-0.2, -0.15) is 5.10 Å². The van der Waals surface area contributed by atoms with Crippen molar-refractivity contribution in [2.24, 2.45) is 10.1 Å². The summed E-state index contributed by atoms with van der Waals surface area (Å²) in [5, 5.41) is 6.74. The Morgan fingerprint density at radius 3 is 2.67 bits per heavy atom. The van der Waals surface area contributed by atoms with Gasteiger partial charge in [0.05, 0.1) is 18.0 Å². The van der Waals surface area contributed by atoms with Gasteiger partial charge in [0.15, 0.2) is 0 Å². The average Bonchev–Trinajstić information content (AvgIpc) is 2.87. The Hall–Kier alpha value is -1.68. The van der Waals surface area contributed by atoms with E-state index in [1.807, 2.05) is 29.1 Å². The summed E-state index contributed by atoms with van der Waals surface area (Å²) in [6.45, 7) is 2.08. The summed E-state index contributed by atoms with van der Waals surface area (Å²) in [4.78, 5) is 5.94. The lowest BCUT2D eigenvalue weighted by atomic mass is 9.96. The molecule has 0 spiro atoms. The highest BCUT2D eigenvalue weighted by Crippen LogP contribution is 2.19. The third-order valence-electron chi connectivity index (χ3n) is 3.84. The maximum Gasteiger partial charge on any atom is 0.206 e. The smallest absolute Gasteiger partial charge is 0.206 e. The van der Waals surface area contributed by atoms with Crippen LogP contribution < -0.4 is 4.80 Å². The number of thiazole rings is 1. The quantitative estimate of drug-likeness (QED) is 0.768. The van der Waals surface area contributed by atoms with Gasteiger partial charge in [-0.3, -0.25) is 4.99 Å². The molecule has 1 heterocycles. The summed E-state index contributed by atoms with van der Waals surface area (Å²) in [5.41, 5.74) is 2.25. The van der Waals surface area contributed by atoms with E-state index in [-0.39, 0.29) is 0 Å². The Balaban J connectivity index is 1.86. The van der Waals surface area contributed by atoms with Crippen LogP contribution in [0.4, 0.5) is 0 Å². The summed E-state index contributed by atoms with van der Waals surface area (Å²) in [6.07, 6.45) is 8.33. The summed E-state index contributed by atoms with van der Waals surface area (Å²) in [7, 11) is 0. The summed E-state index contributed by atoms with van der Waals surface area (Å²) in [6, 6.07) is 10.7. The van der Waals surface area contributed by atoms with E-state index >= 15 is 0 Å². The standard InChI is InChI=1S/C17H21N3S/c1-14-13-21-17(19-16-10-6-3-7-11-16)20(14)18-12-15-8-4-2-5-9-15/h2,4-5,8-9,12-13,16H,3,6-7,10-11H2,1H3. The number of hydrogen-bond donors (Lipinski definition) is 0. The molecule has 1 aromatic heterocycles. The second-order valence-electron chi connectivity index (χ2n) is 5.55. The minimum atomic E-state index is 0.481. The molecule has 3 nitrogen and oxygen atoms in total. The Kier molecular flexibility index (Phi) is 4.65. The minimum absolute atomic E-state index is 0.481. The maximum absolute atomic E-state index is 4.92. The zero-order valence-corrected chi connectivity index (χ0v) is 13.2. The molecule has 0 saturated heterocycles. The Morgan fingerprint density at radius 2 is 1.90 bits per heavy atom. The molecule has 0 unspecified atom stereocenters. The van der Waals surface area contributed by atoms with E-state index in [1.165, 1.54) is 32.1 Å². The molecule has 110 valence electrons. The van der Waals surface area contributed by atoms with Crippen molar-refractivity contribution < 1.29 is 0 Å². The van der Waals surface area contributed by atoms with E-state index in [4.69, 9.17) is 4.99 Å². The highest BCUT2D eigenvalue weighted by molar-refractivity contribution is 7.07. The molecule has 3 rings (SSSR count). The molecule has 0 atom stereocenters. The largest absolute Gasteiger partial charge is 0.254 e. The highest BCUT2D eigenvalue weighted by Gasteiger charge is 2.12. The van der Waals surface area contributed by atoms with Gasteiger partial charge in [0.1, 0.15) is 0 Å². The predicted octanol–water partition coefficient (Wildman–Crippen LogP) is 3.97. The van der Waals surface area contributed by atoms with Gasteiger partial charge in [-0.1, -0.05) is 49.6 Å². The van der Waals surface area contributed by atoms with Gasteiger partial charge >= 0.3 is 0 Å². The first kappa shape index (κ1) is 14.3. The minimum Gasteiger partial charge on any atom is -0.254 e. The first-order valence-corrected chi connectivity index (χ1v) is 8.51. The van der Waals surface area contributed by atoms with Crippen molar-refractivity contribution in [2.75, 3.05) is 0 Å². The molecule has 0 aliphatic heterocycles. The molecule has 1 fully saturated rings. The van der Waals surface area contributed by atoms with Crippen LogP contribution in [0.1, 0.15) is 43.4 Å². The summed E-state index contributed by atoms with van der Waals surface area (Å²) < 4.78 is 1.96. The van der Waals surface area contributed by atoms with E-state index in [1.54, 1.807) is 11.3 Å². The lowest BCUT2D eigenvalue weighted by Gasteiger charge is -2.16. The number of aromatic nitrogens is 1. The second-order valence-corrected chi connectivity index (χ2v) is 6.38. The van der Waals surface area contributed by atoms with Crippen molar-refractivity contribution in [1.29, 1.82) is 0 Å². The number of hydrogen-bond acceptors (Lipinski definition) is 3. The van der Waals surface area contributed by atoms with Gasteiger partial charge < -0.3 is 0 Å². The van der Waals surface area contributed by atoms with Crippen molar-refractivity contribution >= 4 is 17.6 Å². The SMILES string of the molecule is Cc1csc(=NC2CCCCC2)n1N=Cc1ccccc1. The van der Waals surface area contributed by atoms with Crippen LogP contribution in [0.3, 0.4) is 0 Å². The van der Waals surface area contributed by atoms with E-state index in [9.17, 15) is 0 Å². The second kappa shape index (κ2) is 6.85. The molecule has 4 heteroatoms. The number of rotatable bonds is 3. The fourth-order valence-corrected chi connectivity index (χ4v) is 3.52. The van der Waals surface area contributed by atoms with Crippen molar-refractivity contribution in [2.45, 2.75) is 45.1 Å². The lowest BCUT2D eigenvalue weighted by Crippen LogP contribution is -2.19. The molecule has 1 aromatic carbocycles. The van der Waals surface area contributed by atoms with Crippen LogP contribution in [0.5, 0.6) is 0 Å². The van der Waals surface area contributed by atoms with Gasteiger partial charge in [0.25, 0.3) is 0 Å². The fraction of sp³-hybridized carbons (Fsp3) is 0.412. The normalized spacial score (nSPS) is 17.7. The Bertz CT molecular complexity index is 661. The molecule has 1 aliphatic carbocycles. The highest BCUT2D eigenvalue weighted by atomic mass is 32.1. The Labute approximate surface area is 129 Å². The molecular weight excluding hydrogens is 278 g/mol. The number of benzene rings is 1. The maximum atomic E-state index is 4.92. The Morgan fingerprint density at radius 1 is 1.14 bits per heavy atom. The van der Waals surface area contributed by atoms with E-state index in [2.05, 4.69) is 29.5 Å². The average molecular weight is 299 g/mol. The van der Waals surface area contributed by atoms with Crippen molar-refractivity contribution in [3.63, 3.8) is 0 Å². The molecule has 1 saturated carbocycles.